The van der Waals surface area contributed by atoms with Gasteiger partial charge in [0.25, 0.3) is 0 Å². The second-order valence-electron chi connectivity index (χ2n) is 12.8. The zero-order valence-corrected chi connectivity index (χ0v) is 25.7. The van der Waals surface area contributed by atoms with E-state index in [0.717, 1.165) is 49.8 Å². The van der Waals surface area contributed by atoms with Crippen LogP contribution in [0.3, 0.4) is 0 Å². The maximum atomic E-state index is 9.65. The molecular formula is C42H25N5. The Morgan fingerprint density at radius 2 is 1.15 bits per heavy atom. The first-order chi connectivity index (χ1) is 22.9. The minimum Gasteiger partial charge on any atom is -0.309 e. The molecule has 0 amide bonds. The molecule has 0 fully saturated rings. The van der Waals surface area contributed by atoms with E-state index in [2.05, 4.69) is 107 Å². The molecule has 0 saturated carbocycles. The number of benzene rings is 6. The monoisotopic (exact) mass is 599 g/mol. The van der Waals surface area contributed by atoms with Crippen LogP contribution in [0.1, 0.15) is 36.1 Å². The smallest absolute Gasteiger partial charge is 0.187 e. The Balaban J connectivity index is 1.32. The van der Waals surface area contributed by atoms with Crippen LogP contribution in [0.25, 0.3) is 71.0 Å². The molecule has 2 aromatic heterocycles. The van der Waals surface area contributed by atoms with E-state index in [1.165, 1.54) is 27.5 Å². The van der Waals surface area contributed by atoms with Gasteiger partial charge in [-0.05, 0) is 101 Å². The molecule has 0 aliphatic heterocycles. The van der Waals surface area contributed by atoms with E-state index in [1.807, 2.05) is 48.5 Å². The summed E-state index contributed by atoms with van der Waals surface area (Å²) in [6.07, 6.45) is 0. The van der Waals surface area contributed by atoms with Crippen molar-refractivity contribution in [3.8, 4) is 34.6 Å². The quantitative estimate of drug-likeness (QED) is 0.186. The molecule has 2 heterocycles. The molecule has 0 bridgehead atoms. The number of fused-ring (bicyclic) bond motifs is 9. The van der Waals surface area contributed by atoms with Crippen molar-refractivity contribution < 1.29 is 0 Å². The molecule has 0 spiro atoms. The lowest BCUT2D eigenvalue weighted by molar-refractivity contribution is 0.661. The molecule has 0 saturated heterocycles. The number of nitrogens with zero attached hydrogens (tertiary/aromatic N) is 5. The van der Waals surface area contributed by atoms with E-state index in [9.17, 15) is 10.5 Å². The average Bonchev–Trinajstić information content (AvgIpc) is 3.69. The molecule has 0 N–H and O–H groups in total. The third-order valence-corrected chi connectivity index (χ3v) is 9.95. The molecule has 6 aromatic carbocycles. The van der Waals surface area contributed by atoms with Gasteiger partial charge in [0.1, 0.15) is 0 Å². The summed E-state index contributed by atoms with van der Waals surface area (Å²) in [4.78, 5) is 3.72. The van der Waals surface area contributed by atoms with Gasteiger partial charge in [-0.2, -0.15) is 10.5 Å². The standard InChI is InChI=1S/C42H25N5/c1-42(2)36-14-13-27(45-3)19-31(36)32-21-35-30-9-4-5-10-38(30)47(41(35)22-37(32)42)29-8-6-7-28(20-29)46-39-15-11-25(23-43)17-33(39)34-18-26(24-44)12-16-40(34)46/h4-22H,1-2H3. The summed E-state index contributed by atoms with van der Waals surface area (Å²) in [5.41, 5.74) is 12.7. The van der Waals surface area contributed by atoms with Gasteiger partial charge in [0.05, 0.1) is 51.9 Å². The molecule has 5 heteroatoms. The van der Waals surface area contributed by atoms with Crippen molar-refractivity contribution in [2.24, 2.45) is 0 Å². The van der Waals surface area contributed by atoms with Crippen LogP contribution in [0, 0.1) is 29.2 Å². The summed E-state index contributed by atoms with van der Waals surface area (Å²) in [6.45, 7) is 12.2. The number of hydrogen-bond donors (Lipinski definition) is 0. The zero-order chi connectivity index (χ0) is 32.0. The molecule has 9 rings (SSSR count). The number of rotatable bonds is 2. The Bertz CT molecular complexity index is 2730. The highest BCUT2D eigenvalue weighted by molar-refractivity contribution is 6.12. The van der Waals surface area contributed by atoms with E-state index >= 15 is 0 Å². The molecule has 5 nitrogen and oxygen atoms in total. The molecule has 218 valence electrons. The fourth-order valence-electron chi connectivity index (χ4n) is 7.76. The molecule has 0 atom stereocenters. The van der Waals surface area contributed by atoms with Crippen molar-refractivity contribution in [3.63, 3.8) is 0 Å². The van der Waals surface area contributed by atoms with E-state index < -0.39 is 0 Å². The third kappa shape index (κ3) is 3.62. The van der Waals surface area contributed by atoms with Crippen LogP contribution in [-0.2, 0) is 5.41 Å². The van der Waals surface area contributed by atoms with E-state index in [-0.39, 0.29) is 5.41 Å². The molecule has 1 aliphatic carbocycles. The van der Waals surface area contributed by atoms with Crippen LogP contribution < -0.4 is 0 Å². The van der Waals surface area contributed by atoms with Crippen molar-refractivity contribution in [2.45, 2.75) is 19.3 Å². The fraction of sp³-hybridized carbons (Fsp3) is 0.0714. The van der Waals surface area contributed by atoms with Crippen molar-refractivity contribution >= 4 is 49.3 Å². The lowest BCUT2D eigenvalue weighted by Gasteiger charge is -2.22. The second-order valence-corrected chi connectivity index (χ2v) is 12.8. The van der Waals surface area contributed by atoms with E-state index in [0.29, 0.717) is 16.8 Å². The number of para-hydroxylation sites is 1. The highest BCUT2D eigenvalue weighted by Crippen LogP contribution is 2.52. The Morgan fingerprint density at radius 1 is 0.553 bits per heavy atom. The topological polar surface area (TPSA) is 61.8 Å². The molecule has 8 aromatic rings. The summed E-state index contributed by atoms with van der Waals surface area (Å²) < 4.78 is 4.57. The van der Waals surface area contributed by atoms with Gasteiger partial charge in [-0.1, -0.05) is 50.2 Å². The lowest BCUT2D eigenvalue weighted by Crippen LogP contribution is -2.15. The maximum Gasteiger partial charge on any atom is 0.187 e. The summed E-state index contributed by atoms with van der Waals surface area (Å²) in [5, 5.41) is 23.5. The number of hydrogen-bond acceptors (Lipinski definition) is 2. The van der Waals surface area contributed by atoms with Crippen LogP contribution in [0.2, 0.25) is 0 Å². The Labute approximate surface area is 271 Å². The van der Waals surface area contributed by atoms with Crippen molar-refractivity contribution in [3.05, 3.63) is 149 Å². The number of aromatic nitrogens is 2. The minimum absolute atomic E-state index is 0.212. The first-order valence-corrected chi connectivity index (χ1v) is 15.5. The second kappa shape index (κ2) is 9.45. The lowest BCUT2D eigenvalue weighted by atomic mass is 9.82. The molecule has 0 unspecified atom stereocenters. The largest absolute Gasteiger partial charge is 0.309 e. The van der Waals surface area contributed by atoms with Gasteiger partial charge < -0.3 is 9.13 Å². The molecular weight excluding hydrogens is 574 g/mol. The van der Waals surface area contributed by atoms with Gasteiger partial charge in [-0.15, -0.1) is 0 Å². The van der Waals surface area contributed by atoms with Crippen LogP contribution in [0.5, 0.6) is 0 Å². The van der Waals surface area contributed by atoms with Crippen molar-refractivity contribution in [1.29, 1.82) is 10.5 Å². The first-order valence-electron chi connectivity index (χ1n) is 15.5. The van der Waals surface area contributed by atoms with Gasteiger partial charge in [0, 0.05) is 38.3 Å². The SMILES string of the molecule is [C-]#[N+]c1ccc2c(c1)-c1cc3c4ccccc4n(-c4cccc(-n5c6ccc(C#N)cc6c6cc(C#N)ccc65)c4)c3cc1C2(C)C. The normalized spacial score (nSPS) is 13.0. The average molecular weight is 600 g/mol. The van der Waals surface area contributed by atoms with Crippen molar-refractivity contribution in [1.82, 2.24) is 9.13 Å². The van der Waals surface area contributed by atoms with Crippen LogP contribution >= 0.6 is 0 Å². The summed E-state index contributed by atoms with van der Waals surface area (Å²) in [7, 11) is 0. The number of nitriles is 2. The van der Waals surface area contributed by atoms with Gasteiger partial charge in [0.15, 0.2) is 5.69 Å². The summed E-state index contributed by atoms with van der Waals surface area (Å²) >= 11 is 0. The summed E-state index contributed by atoms with van der Waals surface area (Å²) in [5.74, 6) is 0. The highest BCUT2D eigenvalue weighted by Gasteiger charge is 2.36. The summed E-state index contributed by atoms with van der Waals surface area (Å²) in [6, 6.07) is 43.9. The van der Waals surface area contributed by atoms with Gasteiger partial charge in [-0.3, -0.25) is 0 Å². The molecule has 0 radical (unpaired) electrons. The Hall–Kier alpha value is -6.61. The molecule has 47 heavy (non-hydrogen) atoms. The predicted octanol–water partition coefficient (Wildman–Crippen LogP) is 10.5. The van der Waals surface area contributed by atoms with Gasteiger partial charge >= 0.3 is 0 Å². The zero-order valence-electron chi connectivity index (χ0n) is 25.7. The predicted molar refractivity (Wildman–Crippen MR) is 188 cm³/mol. The van der Waals surface area contributed by atoms with Crippen LogP contribution in [0.15, 0.2) is 115 Å². The maximum absolute atomic E-state index is 9.65. The van der Waals surface area contributed by atoms with Crippen LogP contribution in [0.4, 0.5) is 5.69 Å². The Morgan fingerprint density at radius 3 is 1.81 bits per heavy atom. The highest BCUT2D eigenvalue weighted by atomic mass is 15.0. The molecule has 1 aliphatic rings. The third-order valence-electron chi connectivity index (χ3n) is 9.95. The van der Waals surface area contributed by atoms with Gasteiger partial charge in [0.2, 0.25) is 0 Å². The van der Waals surface area contributed by atoms with E-state index in [1.54, 1.807) is 0 Å². The first kappa shape index (κ1) is 26.8. The Kier molecular flexibility index (Phi) is 5.38. The van der Waals surface area contributed by atoms with Crippen molar-refractivity contribution in [2.75, 3.05) is 0 Å². The van der Waals surface area contributed by atoms with Crippen LogP contribution in [-0.4, -0.2) is 9.13 Å². The minimum atomic E-state index is -0.212. The van der Waals surface area contributed by atoms with E-state index in [4.69, 9.17) is 6.57 Å². The van der Waals surface area contributed by atoms with Gasteiger partial charge in [-0.25, -0.2) is 4.85 Å². The fourth-order valence-corrected chi connectivity index (χ4v) is 7.76.